The lowest BCUT2D eigenvalue weighted by Gasteiger charge is -2.47. The number of aliphatic hydroxyl groups is 3. The second-order valence-corrected chi connectivity index (χ2v) is 13.2. The summed E-state index contributed by atoms with van der Waals surface area (Å²) in [5.74, 6) is 1.74. The molecule has 5 heteroatoms. The molecule has 3 N–H and O–H groups in total. The molecule has 1 aromatic rings. The summed E-state index contributed by atoms with van der Waals surface area (Å²) in [7, 11) is 0. The highest BCUT2D eigenvalue weighted by Crippen LogP contribution is 2.62. The van der Waals surface area contributed by atoms with Crippen LogP contribution < -0.4 is 0 Å². The molecular formula is C32H45NO4. The Bertz CT molecular complexity index is 1120. The van der Waals surface area contributed by atoms with Crippen molar-refractivity contribution in [2.75, 3.05) is 0 Å². The van der Waals surface area contributed by atoms with Crippen LogP contribution in [0.25, 0.3) is 0 Å². The molecule has 5 nitrogen and oxygen atoms in total. The van der Waals surface area contributed by atoms with Crippen molar-refractivity contribution in [2.24, 2.45) is 22.7 Å². The second kappa shape index (κ2) is 9.66. The van der Waals surface area contributed by atoms with E-state index in [4.69, 9.17) is 4.42 Å². The molecule has 6 atom stereocenters. The van der Waals surface area contributed by atoms with Crippen molar-refractivity contribution in [3.05, 3.63) is 65.5 Å². The summed E-state index contributed by atoms with van der Waals surface area (Å²) in [6.45, 7) is 13.1. The maximum atomic E-state index is 11.2. The summed E-state index contributed by atoms with van der Waals surface area (Å²) in [4.78, 5) is 4.52. The zero-order valence-electron chi connectivity index (χ0n) is 23.0. The van der Waals surface area contributed by atoms with Crippen LogP contribution in [0.1, 0.15) is 90.1 Å². The second-order valence-electron chi connectivity index (χ2n) is 13.2. The van der Waals surface area contributed by atoms with E-state index < -0.39 is 18.3 Å². The van der Waals surface area contributed by atoms with Crippen molar-refractivity contribution in [1.29, 1.82) is 0 Å². The average Bonchev–Trinajstić information content (AvgIpc) is 3.40. The van der Waals surface area contributed by atoms with Gasteiger partial charge in [0.1, 0.15) is 6.26 Å². The van der Waals surface area contributed by atoms with Crippen LogP contribution in [0.15, 0.2) is 58.3 Å². The third kappa shape index (κ3) is 4.84. The summed E-state index contributed by atoms with van der Waals surface area (Å²) >= 11 is 0. The maximum Gasteiger partial charge on any atom is 0.203 e. The first-order valence-electron chi connectivity index (χ1n) is 14.2. The van der Waals surface area contributed by atoms with Crippen molar-refractivity contribution in [2.45, 2.75) is 109 Å². The minimum Gasteiger partial charge on any atom is -0.448 e. The summed E-state index contributed by atoms with van der Waals surface area (Å²) < 4.78 is 5.68. The van der Waals surface area contributed by atoms with Gasteiger partial charge in [-0.1, -0.05) is 57.2 Å². The summed E-state index contributed by atoms with van der Waals surface area (Å²) in [5, 5.41) is 31.5. The van der Waals surface area contributed by atoms with E-state index in [9.17, 15) is 15.3 Å². The van der Waals surface area contributed by atoms with Gasteiger partial charge in [-0.2, -0.15) is 0 Å². The van der Waals surface area contributed by atoms with Crippen LogP contribution in [0, 0.1) is 29.6 Å². The predicted molar refractivity (Wildman–Crippen MR) is 146 cm³/mol. The first-order chi connectivity index (χ1) is 17.5. The minimum atomic E-state index is -0.647. The van der Waals surface area contributed by atoms with Crippen molar-refractivity contribution < 1.29 is 19.7 Å². The Hall–Kier alpha value is -1.95. The zero-order valence-corrected chi connectivity index (χ0v) is 23.0. The number of aromatic nitrogens is 1. The number of hydrogen-bond acceptors (Lipinski definition) is 5. The van der Waals surface area contributed by atoms with Crippen LogP contribution in [0.4, 0.5) is 0 Å². The lowest BCUT2D eigenvalue weighted by molar-refractivity contribution is 0.0705. The van der Waals surface area contributed by atoms with Gasteiger partial charge in [0.05, 0.1) is 29.4 Å². The fraction of sp³-hybridized carbons (Fsp3) is 0.656. The fourth-order valence-electron chi connectivity index (χ4n) is 7.92. The number of nitrogens with zero attached hydrogens (tertiary/aromatic N) is 1. The van der Waals surface area contributed by atoms with E-state index in [0.717, 1.165) is 36.1 Å². The molecule has 0 saturated heterocycles. The highest BCUT2D eigenvalue weighted by Gasteiger charge is 2.55. The first kappa shape index (κ1) is 26.6. The monoisotopic (exact) mass is 507 g/mol. The molecule has 0 radical (unpaired) electrons. The topological polar surface area (TPSA) is 86.7 Å². The Morgan fingerprint density at radius 3 is 2.62 bits per heavy atom. The number of fused-ring (bicyclic) bond motifs is 1. The number of allylic oxidation sites excluding steroid dienone is 4. The van der Waals surface area contributed by atoms with Gasteiger partial charge >= 0.3 is 0 Å². The van der Waals surface area contributed by atoms with Gasteiger partial charge in [-0.3, -0.25) is 0 Å². The highest BCUT2D eigenvalue weighted by atomic mass is 16.3. The molecule has 1 heterocycles. The maximum absolute atomic E-state index is 11.2. The van der Waals surface area contributed by atoms with Crippen LogP contribution >= 0.6 is 0 Å². The Morgan fingerprint density at radius 1 is 1.19 bits per heavy atom. The van der Waals surface area contributed by atoms with Crippen molar-refractivity contribution in [3.63, 3.8) is 0 Å². The van der Waals surface area contributed by atoms with Gasteiger partial charge in [-0.05, 0) is 92.1 Å². The molecule has 4 aliphatic rings. The van der Waals surface area contributed by atoms with E-state index in [1.54, 1.807) is 6.26 Å². The van der Waals surface area contributed by atoms with E-state index in [1.165, 1.54) is 31.3 Å². The molecular weight excluding hydrogens is 462 g/mol. The van der Waals surface area contributed by atoms with Crippen molar-refractivity contribution >= 4 is 0 Å². The molecule has 0 aromatic carbocycles. The standard InChI is InChI=1S/C32H45NO4/c1-20-19-37-29(33-20)32(15-16-32)28(36)12-14-30(3,4)27-11-10-25-22(7-6-13-31(25,27)5)8-9-23-17-24(34)18-26(35)21(23)2/h8-9,12,14,19,24-28,34-36H,2,6-7,10-11,13,15-18H2,1,3-5H3/b14-12+,22-8+,23-9-/t24-,25+,26+,27-,28-,31+/m1/s1. The third-order valence-corrected chi connectivity index (χ3v) is 10.2. The molecule has 0 aliphatic heterocycles. The molecule has 5 rings (SSSR count). The van der Waals surface area contributed by atoms with Gasteiger partial charge in [0, 0.05) is 6.42 Å². The van der Waals surface area contributed by atoms with Crippen molar-refractivity contribution in [3.8, 4) is 0 Å². The van der Waals surface area contributed by atoms with Gasteiger partial charge in [-0.25, -0.2) is 4.98 Å². The van der Waals surface area contributed by atoms with Gasteiger partial charge in [0.15, 0.2) is 0 Å². The lowest BCUT2D eigenvalue weighted by Crippen LogP contribution is -2.39. The zero-order chi connectivity index (χ0) is 26.6. The highest BCUT2D eigenvalue weighted by molar-refractivity contribution is 5.39. The van der Waals surface area contributed by atoms with E-state index >= 15 is 0 Å². The van der Waals surface area contributed by atoms with Crippen LogP contribution in [0.2, 0.25) is 0 Å². The largest absolute Gasteiger partial charge is 0.448 e. The van der Waals surface area contributed by atoms with E-state index in [0.29, 0.717) is 30.6 Å². The number of hydrogen-bond donors (Lipinski definition) is 3. The quantitative estimate of drug-likeness (QED) is 0.405. The van der Waals surface area contributed by atoms with Crippen molar-refractivity contribution in [1.82, 2.24) is 4.98 Å². The predicted octanol–water partition coefficient (Wildman–Crippen LogP) is 6.10. The lowest BCUT2D eigenvalue weighted by atomic mass is 9.57. The average molecular weight is 508 g/mol. The molecule has 4 aliphatic carbocycles. The Kier molecular flexibility index (Phi) is 6.96. The fourth-order valence-corrected chi connectivity index (χ4v) is 7.92. The van der Waals surface area contributed by atoms with Crippen LogP contribution in [0.5, 0.6) is 0 Å². The van der Waals surface area contributed by atoms with Gasteiger partial charge in [-0.15, -0.1) is 0 Å². The summed E-state index contributed by atoms with van der Waals surface area (Å²) in [5.41, 5.74) is 3.90. The first-order valence-corrected chi connectivity index (χ1v) is 14.2. The number of oxazole rings is 1. The van der Waals surface area contributed by atoms with E-state index in [1.807, 2.05) is 13.0 Å². The van der Waals surface area contributed by atoms with Gasteiger partial charge in [0.2, 0.25) is 5.89 Å². The van der Waals surface area contributed by atoms with Crippen LogP contribution in [0.3, 0.4) is 0 Å². The molecule has 0 bridgehead atoms. The number of rotatable bonds is 6. The molecule has 4 saturated carbocycles. The Balaban J connectivity index is 1.33. The SMILES string of the molecule is C=C1/C(=C\C=C2/CCC[C@]3(C)[C@@H](C(C)(C)/C=C/[C@@H](O)C4(c5nc(C)co5)CC4)CC[C@@H]23)C[C@@H](O)C[C@@H]1O. The van der Waals surface area contributed by atoms with Gasteiger partial charge < -0.3 is 19.7 Å². The molecule has 37 heavy (non-hydrogen) atoms. The van der Waals surface area contributed by atoms with Crippen LogP contribution in [-0.2, 0) is 5.41 Å². The molecule has 202 valence electrons. The van der Waals surface area contributed by atoms with E-state index in [-0.39, 0.29) is 16.2 Å². The van der Waals surface area contributed by atoms with E-state index in [2.05, 4.69) is 50.6 Å². The molecule has 4 fully saturated rings. The minimum absolute atomic E-state index is 0.0418. The normalized spacial score (nSPS) is 36.9. The Labute approximate surface area is 222 Å². The summed E-state index contributed by atoms with van der Waals surface area (Å²) in [6.07, 6.45) is 17.3. The molecule has 0 spiro atoms. The third-order valence-electron chi connectivity index (χ3n) is 10.2. The smallest absolute Gasteiger partial charge is 0.203 e. The van der Waals surface area contributed by atoms with Gasteiger partial charge in [0.25, 0.3) is 0 Å². The molecule has 0 unspecified atom stereocenters. The summed E-state index contributed by atoms with van der Waals surface area (Å²) in [6, 6.07) is 0. The molecule has 1 aromatic heterocycles. The molecule has 0 amide bonds. The van der Waals surface area contributed by atoms with Crippen LogP contribution in [-0.4, -0.2) is 38.6 Å². The number of aryl methyl sites for hydroxylation is 1. The Morgan fingerprint density at radius 2 is 1.95 bits per heavy atom. The number of aliphatic hydroxyl groups excluding tert-OH is 3.